The van der Waals surface area contributed by atoms with Crippen LogP contribution >= 0.6 is 0 Å². The third kappa shape index (κ3) is 1.71. The summed E-state index contributed by atoms with van der Waals surface area (Å²) in [5.41, 5.74) is 0. The average Bonchev–Trinajstić information content (AvgIpc) is 2.43. The zero-order valence-corrected chi connectivity index (χ0v) is 8.43. The number of hydrogen-bond acceptors (Lipinski definition) is 4. The van der Waals surface area contributed by atoms with Crippen LogP contribution < -0.4 is 0 Å². The van der Waals surface area contributed by atoms with Crippen LogP contribution in [0.2, 0.25) is 0 Å². The maximum absolute atomic E-state index is 11.6. The number of esters is 1. The van der Waals surface area contributed by atoms with Crippen LogP contribution in [0, 0.1) is 11.8 Å². The molecular weight excluding hydrogens is 196 g/mol. The predicted octanol–water partition coefficient (Wildman–Crippen LogP) is 0.652. The quantitative estimate of drug-likeness (QED) is 0.360. The molecule has 1 fully saturated rings. The van der Waals surface area contributed by atoms with Crippen LogP contribution in [-0.2, 0) is 19.1 Å². The molecule has 4 nitrogen and oxygen atoms in total. The largest absolute Gasteiger partial charge is 0.458 e. The van der Waals surface area contributed by atoms with Gasteiger partial charge in [-0.3, -0.25) is 14.4 Å². The van der Waals surface area contributed by atoms with Crippen LogP contribution in [0.25, 0.3) is 0 Å². The van der Waals surface area contributed by atoms with Gasteiger partial charge in [0.2, 0.25) is 0 Å². The van der Waals surface area contributed by atoms with Gasteiger partial charge in [0.25, 0.3) is 0 Å². The van der Waals surface area contributed by atoms with E-state index >= 15 is 0 Å². The molecule has 0 heterocycles. The zero-order valence-electron chi connectivity index (χ0n) is 8.43. The third-order valence-electron chi connectivity index (χ3n) is 2.94. The Morgan fingerprint density at radius 1 is 1.40 bits per heavy atom. The van der Waals surface area contributed by atoms with E-state index in [1.165, 1.54) is 6.92 Å². The smallest absolute Gasteiger partial charge is 0.303 e. The van der Waals surface area contributed by atoms with E-state index in [1.54, 1.807) is 6.08 Å². The molecule has 0 aliphatic heterocycles. The maximum atomic E-state index is 11.6. The summed E-state index contributed by atoms with van der Waals surface area (Å²) in [5.74, 6) is -1.25. The summed E-state index contributed by atoms with van der Waals surface area (Å²) in [7, 11) is 0. The number of ketones is 2. The second-order valence-electron chi connectivity index (χ2n) is 3.98. The van der Waals surface area contributed by atoms with E-state index in [-0.39, 0.29) is 23.9 Å². The van der Waals surface area contributed by atoms with E-state index in [0.717, 1.165) is 0 Å². The van der Waals surface area contributed by atoms with Gasteiger partial charge >= 0.3 is 5.97 Å². The number of rotatable bonds is 1. The summed E-state index contributed by atoms with van der Waals surface area (Å²) in [4.78, 5) is 33.9. The molecule has 3 atom stereocenters. The molecule has 0 amide bonds. The summed E-state index contributed by atoms with van der Waals surface area (Å²) in [6, 6.07) is 0. The van der Waals surface area contributed by atoms with Gasteiger partial charge < -0.3 is 4.74 Å². The summed E-state index contributed by atoms with van der Waals surface area (Å²) in [6.07, 6.45) is 3.56. The highest BCUT2D eigenvalue weighted by Crippen LogP contribution is 2.36. The minimum Gasteiger partial charge on any atom is -0.458 e. The lowest BCUT2D eigenvalue weighted by atomic mass is 9.83. The second kappa shape index (κ2) is 3.61. The minimum atomic E-state index is -0.541. The average molecular weight is 208 g/mol. The molecule has 0 radical (unpaired) electrons. The normalized spacial score (nSPS) is 34.1. The van der Waals surface area contributed by atoms with Crippen molar-refractivity contribution in [1.29, 1.82) is 0 Å². The third-order valence-corrected chi connectivity index (χ3v) is 2.94. The first-order chi connectivity index (χ1) is 7.09. The molecule has 15 heavy (non-hydrogen) atoms. The lowest BCUT2D eigenvalue weighted by Crippen LogP contribution is -2.34. The van der Waals surface area contributed by atoms with Crippen LogP contribution in [0.4, 0.5) is 0 Å². The Balaban J connectivity index is 2.22. The first-order valence-electron chi connectivity index (χ1n) is 4.99. The van der Waals surface area contributed by atoms with Crippen LogP contribution in [0.1, 0.15) is 19.8 Å². The molecule has 2 aliphatic rings. The number of carbonyl (C=O) groups excluding carboxylic acids is 3. The van der Waals surface area contributed by atoms with Gasteiger partial charge in [0, 0.05) is 12.8 Å². The Hall–Kier alpha value is -1.45. The molecule has 0 bridgehead atoms. The summed E-state index contributed by atoms with van der Waals surface area (Å²) in [6.45, 7) is 1.30. The Kier molecular flexibility index (Phi) is 2.42. The topological polar surface area (TPSA) is 60.4 Å². The van der Waals surface area contributed by atoms with Gasteiger partial charge in [-0.25, -0.2) is 0 Å². The van der Waals surface area contributed by atoms with E-state index in [2.05, 4.69) is 0 Å². The van der Waals surface area contributed by atoms with Gasteiger partial charge in [0.15, 0.2) is 0 Å². The summed E-state index contributed by atoms with van der Waals surface area (Å²) in [5, 5.41) is 0. The minimum absolute atomic E-state index is 0.00518. The number of carbonyl (C=O) groups is 3. The number of fused-ring (bicyclic) bond motifs is 1. The molecule has 0 N–H and O–H groups in total. The summed E-state index contributed by atoms with van der Waals surface area (Å²) >= 11 is 0. The Bertz CT molecular complexity index is 356. The molecule has 2 aliphatic carbocycles. The highest BCUT2D eigenvalue weighted by Gasteiger charge is 2.47. The van der Waals surface area contributed by atoms with Crippen molar-refractivity contribution in [1.82, 2.24) is 0 Å². The Morgan fingerprint density at radius 3 is 2.80 bits per heavy atom. The van der Waals surface area contributed by atoms with E-state index in [0.29, 0.717) is 6.42 Å². The fourth-order valence-electron chi connectivity index (χ4n) is 2.32. The Morgan fingerprint density at radius 2 is 2.13 bits per heavy atom. The van der Waals surface area contributed by atoms with Gasteiger partial charge in [0.1, 0.15) is 17.7 Å². The molecule has 0 aromatic heterocycles. The molecule has 1 saturated carbocycles. The number of ether oxygens (including phenoxy) is 1. The molecule has 0 aromatic rings. The first-order valence-corrected chi connectivity index (χ1v) is 4.99. The molecular formula is C11H12O4. The number of allylic oxidation sites excluding steroid dienone is 1. The lowest BCUT2D eigenvalue weighted by molar-refractivity contribution is -0.149. The van der Waals surface area contributed by atoms with Crippen molar-refractivity contribution in [2.45, 2.75) is 25.9 Å². The van der Waals surface area contributed by atoms with Crippen molar-refractivity contribution in [3.63, 3.8) is 0 Å². The van der Waals surface area contributed by atoms with Crippen molar-refractivity contribution >= 4 is 17.5 Å². The van der Waals surface area contributed by atoms with Crippen molar-refractivity contribution in [3.05, 3.63) is 12.2 Å². The molecule has 2 rings (SSSR count). The van der Waals surface area contributed by atoms with Crippen molar-refractivity contribution in [3.8, 4) is 0 Å². The second-order valence-corrected chi connectivity index (χ2v) is 3.98. The van der Waals surface area contributed by atoms with Crippen LogP contribution in [0.3, 0.4) is 0 Å². The molecule has 4 heteroatoms. The molecule has 80 valence electrons. The van der Waals surface area contributed by atoms with Crippen molar-refractivity contribution < 1.29 is 19.1 Å². The standard InChI is InChI=1S/C11H12O4/c1-6(12)15-10-4-2-3-7-8(13)5-9(14)11(7)10/h2,4,7,10-11H,3,5H2,1H3. The molecule has 0 spiro atoms. The molecule has 0 aromatic carbocycles. The molecule has 0 saturated heterocycles. The van der Waals surface area contributed by atoms with Gasteiger partial charge in [-0.05, 0) is 12.5 Å². The predicted molar refractivity (Wildman–Crippen MR) is 50.9 cm³/mol. The van der Waals surface area contributed by atoms with Gasteiger partial charge in [-0.15, -0.1) is 0 Å². The van der Waals surface area contributed by atoms with Gasteiger partial charge in [0.05, 0.1) is 12.3 Å². The fraction of sp³-hybridized carbons (Fsp3) is 0.545. The summed E-state index contributed by atoms with van der Waals surface area (Å²) < 4.78 is 5.03. The van der Waals surface area contributed by atoms with Gasteiger partial charge in [-0.1, -0.05) is 6.08 Å². The van der Waals surface area contributed by atoms with Crippen LogP contribution in [0.5, 0.6) is 0 Å². The van der Waals surface area contributed by atoms with Gasteiger partial charge in [-0.2, -0.15) is 0 Å². The Labute approximate surface area is 87.3 Å². The van der Waals surface area contributed by atoms with Crippen LogP contribution in [0.15, 0.2) is 12.2 Å². The maximum Gasteiger partial charge on any atom is 0.303 e. The number of Topliss-reactive ketones (excluding diaryl/α,β-unsaturated/α-hetero) is 2. The van der Waals surface area contributed by atoms with Crippen molar-refractivity contribution in [2.24, 2.45) is 11.8 Å². The highest BCUT2D eigenvalue weighted by molar-refractivity contribution is 6.09. The van der Waals surface area contributed by atoms with E-state index in [9.17, 15) is 14.4 Å². The van der Waals surface area contributed by atoms with Crippen LogP contribution in [-0.4, -0.2) is 23.6 Å². The fourth-order valence-corrected chi connectivity index (χ4v) is 2.32. The number of hydrogen-bond donors (Lipinski definition) is 0. The first kappa shape index (κ1) is 10.1. The lowest BCUT2D eigenvalue weighted by Gasteiger charge is -2.26. The van der Waals surface area contributed by atoms with E-state index < -0.39 is 18.0 Å². The molecule has 3 unspecified atom stereocenters. The monoisotopic (exact) mass is 208 g/mol. The van der Waals surface area contributed by atoms with Crippen molar-refractivity contribution in [2.75, 3.05) is 0 Å². The van der Waals surface area contributed by atoms with E-state index in [4.69, 9.17) is 4.74 Å². The highest BCUT2D eigenvalue weighted by atomic mass is 16.5. The zero-order chi connectivity index (χ0) is 11.0. The van der Waals surface area contributed by atoms with E-state index in [1.807, 2.05) is 6.08 Å². The SMILES string of the molecule is CC(=O)OC1C=CCC2C(=O)CC(=O)C12.